The molecule has 0 amide bonds. The summed E-state index contributed by atoms with van der Waals surface area (Å²) in [7, 11) is 0. The maximum absolute atomic E-state index is 12.8. The molecule has 112 valence electrons. The maximum atomic E-state index is 12.8. The van der Waals surface area contributed by atoms with Crippen LogP contribution in [0.15, 0.2) is 46.9 Å². The Bertz CT molecular complexity index is 646. The third-order valence-electron chi connectivity index (χ3n) is 2.99. The zero-order valence-corrected chi connectivity index (χ0v) is 12.9. The van der Waals surface area contributed by atoms with E-state index >= 15 is 0 Å². The second-order valence-electron chi connectivity index (χ2n) is 4.39. The zero-order chi connectivity index (χ0) is 15.6. The van der Waals surface area contributed by atoms with Crippen molar-refractivity contribution in [1.29, 1.82) is 0 Å². The Hall–Kier alpha value is -1.08. The van der Waals surface area contributed by atoms with Gasteiger partial charge in [0.15, 0.2) is 0 Å². The Morgan fingerprint density at radius 1 is 1.14 bits per heavy atom. The van der Waals surface area contributed by atoms with Crippen LogP contribution >= 0.6 is 27.5 Å². The van der Waals surface area contributed by atoms with Crippen molar-refractivity contribution >= 4 is 27.5 Å². The molecule has 0 aliphatic heterocycles. The van der Waals surface area contributed by atoms with Crippen molar-refractivity contribution in [3.8, 4) is 0 Å². The molecule has 1 atom stereocenters. The minimum absolute atomic E-state index is 0.386. The lowest BCUT2D eigenvalue weighted by Crippen LogP contribution is -2.29. The molecular formula is C14H11BrClF3N2. The van der Waals surface area contributed by atoms with Gasteiger partial charge in [-0.15, -0.1) is 0 Å². The van der Waals surface area contributed by atoms with E-state index in [4.69, 9.17) is 17.4 Å². The van der Waals surface area contributed by atoms with E-state index in [0.717, 1.165) is 16.6 Å². The van der Waals surface area contributed by atoms with Gasteiger partial charge in [-0.25, -0.2) is 5.43 Å². The van der Waals surface area contributed by atoms with E-state index in [-0.39, 0.29) is 0 Å². The molecule has 0 spiro atoms. The molecule has 2 nitrogen and oxygen atoms in total. The maximum Gasteiger partial charge on any atom is 0.416 e. The van der Waals surface area contributed by atoms with Gasteiger partial charge in [0.05, 0.1) is 11.6 Å². The van der Waals surface area contributed by atoms with Crippen molar-refractivity contribution in [3.05, 3.63) is 68.7 Å². The van der Waals surface area contributed by atoms with Gasteiger partial charge in [0.2, 0.25) is 0 Å². The van der Waals surface area contributed by atoms with Crippen LogP contribution in [-0.4, -0.2) is 0 Å². The average molecular weight is 380 g/mol. The highest BCUT2D eigenvalue weighted by molar-refractivity contribution is 9.10. The van der Waals surface area contributed by atoms with Crippen LogP contribution in [0.25, 0.3) is 0 Å². The average Bonchev–Trinajstić information content (AvgIpc) is 2.41. The standard InChI is InChI=1S/C14H11BrClF3N2/c15-10-4-5-11(12(16)7-10)13(21-20)8-2-1-3-9(6-8)14(17,18)19/h1-7,13,21H,20H2. The lowest BCUT2D eigenvalue weighted by Gasteiger charge is -2.19. The normalized spacial score (nSPS) is 13.2. The molecule has 0 heterocycles. The Morgan fingerprint density at radius 3 is 2.43 bits per heavy atom. The van der Waals surface area contributed by atoms with Crippen molar-refractivity contribution in [2.75, 3.05) is 0 Å². The Balaban J connectivity index is 2.47. The van der Waals surface area contributed by atoms with Gasteiger partial charge in [-0.1, -0.05) is 45.7 Å². The van der Waals surface area contributed by atoms with E-state index in [2.05, 4.69) is 21.4 Å². The Morgan fingerprint density at radius 2 is 1.86 bits per heavy atom. The number of nitrogens with one attached hydrogen (secondary N) is 1. The van der Waals surface area contributed by atoms with E-state index in [0.29, 0.717) is 16.1 Å². The largest absolute Gasteiger partial charge is 0.416 e. The van der Waals surface area contributed by atoms with Gasteiger partial charge in [0.25, 0.3) is 0 Å². The molecule has 3 N–H and O–H groups in total. The molecule has 2 aromatic rings. The third kappa shape index (κ3) is 3.77. The first-order valence-corrected chi connectivity index (χ1v) is 7.08. The number of hydrogen-bond acceptors (Lipinski definition) is 2. The molecule has 0 saturated heterocycles. The molecule has 0 saturated carbocycles. The quantitative estimate of drug-likeness (QED) is 0.600. The van der Waals surface area contributed by atoms with Gasteiger partial charge in [-0.2, -0.15) is 13.2 Å². The minimum Gasteiger partial charge on any atom is -0.271 e. The van der Waals surface area contributed by atoms with Crippen LogP contribution in [0.3, 0.4) is 0 Å². The molecule has 0 aliphatic rings. The molecule has 0 fully saturated rings. The van der Waals surface area contributed by atoms with E-state index < -0.39 is 17.8 Å². The van der Waals surface area contributed by atoms with Crippen molar-refractivity contribution in [1.82, 2.24) is 5.43 Å². The third-order valence-corrected chi connectivity index (χ3v) is 3.81. The van der Waals surface area contributed by atoms with Gasteiger partial charge < -0.3 is 0 Å². The van der Waals surface area contributed by atoms with Crippen LogP contribution in [0.2, 0.25) is 5.02 Å². The monoisotopic (exact) mass is 378 g/mol. The smallest absolute Gasteiger partial charge is 0.271 e. The summed E-state index contributed by atoms with van der Waals surface area (Å²) >= 11 is 9.41. The SMILES string of the molecule is NNC(c1cccc(C(F)(F)F)c1)c1ccc(Br)cc1Cl. The Labute approximate surface area is 133 Å². The highest BCUT2D eigenvalue weighted by Crippen LogP contribution is 2.34. The van der Waals surface area contributed by atoms with Gasteiger partial charge in [0, 0.05) is 9.50 Å². The molecule has 0 aromatic heterocycles. The summed E-state index contributed by atoms with van der Waals surface area (Å²) in [6.45, 7) is 0. The molecule has 2 aromatic carbocycles. The number of halogens is 5. The van der Waals surface area contributed by atoms with Gasteiger partial charge in [0.1, 0.15) is 0 Å². The minimum atomic E-state index is -4.40. The van der Waals surface area contributed by atoms with E-state index in [1.807, 2.05) is 0 Å². The lowest BCUT2D eigenvalue weighted by atomic mass is 9.97. The van der Waals surface area contributed by atoms with Gasteiger partial charge >= 0.3 is 6.18 Å². The number of hydrazine groups is 1. The van der Waals surface area contributed by atoms with Crippen molar-refractivity contribution in [2.24, 2.45) is 5.84 Å². The summed E-state index contributed by atoms with van der Waals surface area (Å²) < 4.78 is 39.1. The van der Waals surface area contributed by atoms with Crippen molar-refractivity contribution in [3.63, 3.8) is 0 Å². The summed E-state index contributed by atoms with van der Waals surface area (Å²) in [5.41, 5.74) is 2.76. The fraction of sp³-hybridized carbons (Fsp3) is 0.143. The first-order chi connectivity index (χ1) is 9.82. The highest BCUT2D eigenvalue weighted by atomic mass is 79.9. The predicted molar refractivity (Wildman–Crippen MR) is 79.8 cm³/mol. The fourth-order valence-electron chi connectivity index (χ4n) is 2.00. The van der Waals surface area contributed by atoms with Gasteiger partial charge in [-0.3, -0.25) is 5.84 Å². The van der Waals surface area contributed by atoms with Crippen molar-refractivity contribution < 1.29 is 13.2 Å². The van der Waals surface area contributed by atoms with E-state index in [9.17, 15) is 13.2 Å². The van der Waals surface area contributed by atoms with Crippen LogP contribution in [-0.2, 0) is 6.18 Å². The van der Waals surface area contributed by atoms with Crippen LogP contribution in [0.5, 0.6) is 0 Å². The fourth-order valence-corrected chi connectivity index (χ4v) is 2.78. The number of nitrogens with two attached hydrogens (primary N) is 1. The number of benzene rings is 2. The molecule has 21 heavy (non-hydrogen) atoms. The second-order valence-corrected chi connectivity index (χ2v) is 5.71. The van der Waals surface area contributed by atoms with Crippen LogP contribution in [0, 0.1) is 0 Å². The predicted octanol–water partition coefficient (Wildman–Crippen LogP) is 4.67. The molecule has 1 unspecified atom stereocenters. The molecule has 7 heteroatoms. The summed E-state index contributed by atoms with van der Waals surface area (Å²) in [5, 5.41) is 0.407. The summed E-state index contributed by atoms with van der Waals surface area (Å²) in [5.74, 6) is 5.50. The van der Waals surface area contributed by atoms with Crippen LogP contribution < -0.4 is 11.3 Å². The first kappa shape index (κ1) is 16.3. The second kappa shape index (κ2) is 6.36. The van der Waals surface area contributed by atoms with E-state index in [1.54, 1.807) is 24.3 Å². The number of alkyl halides is 3. The van der Waals surface area contributed by atoms with Crippen LogP contribution in [0.4, 0.5) is 13.2 Å². The van der Waals surface area contributed by atoms with Gasteiger partial charge in [-0.05, 0) is 35.4 Å². The topological polar surface area (TPSA) is 38.0 Å². The molecule has 0 bridgehead atoms. The van der Waals surface area contributed by atoms with Crippen LogP contribution in [0.1, 0.15) is 22.7 Å². The number of hydrogen-bond donors (Lipinski definition) is 2. The molecule has 2 rings (SSSR count). The number of rotatable bonds is 3. The summed E-state index contributed by atoms with van der Waals surface area (Å²) in [6, 6.07) is 9.47. The van der Waals surface area contributed by atoms with E-state index in [1.165, 1.54) is 6.07 Å². The van der Waals surface area contributed by atoms with Crippen molar-refractivity contribution in [2.45, 2.75) is 12.2 Å². The Kier molecular flexibility index (Phi) is 4.93. The molecule has 0 aliphatic carbocycles. The summed E-state index contributed by atoms with van der Waals surface area (Å²) in [4.78, 5) is 0. The highest BCUT2D eigenvalue weighted by Gasteiger charge is 2.31. The zero-order valence-electron chi connectivity index (χ0n) is 10.6. The molecular weight excluding hydrogens is 369 g/mol. The summed E-state index contributed by atoms with van der Waals surface area (Å²) in [6.07, 6.45) is -4.40. The lowest BCUT2D eigenvalue weighted by molar-refractivity contribution is -0.137. The molecule has 0 radical (unpaired) electrons. The first-order valence-electron chi connectivity index (χ1n) is 5.91.